The fourth-order valence-corrected chi connectivity index (χ4v) is 1.97. The van der Waals surface area contributed by atoms with Gasteiger partial charge < -0.3 is 25.6 Å². The van der Waals surface area contributed by atoms with Crippen molar-refractivity contribution in [2.45, 2.75) is 19.4 Å². The molecule has 6 nitrogen and oxygen atoms in total. The molecule has 0 spiro atoms. The molecule has 1 aromatic carbocycles. The van der Waals surface area contributed by atoms with E-state index >= 15 is 0 Å². The Balaban J connectivity index is 2.87. The number of methoxy groups -OCH3 is 2. The second kappa shape index (κ2) is 8.39. The summed E-state index contributed by atoms with van der Waals surface area (Å²) in [4.78, 5) is 11.4. The molecule has 1 aromatic rings. The summed E-state index contributed by atoms with van der Waals surface area (Å²) in [5.41, 5.74) is 6.23. The van der Waals surface area contributed by atoms with Crippen molar-refractivity contribution in [1.29, 1.82) is 0 Å². The predicted molar refractivity (Wildman–Crippen MR) is 76.5 cm³/mol. The highest BCUT2D eigenvalue weighted by molar-refractivity contribution is 5.93. The smallest absolute Gasteiger partial charge is 0.339 e. The highest BCUT2D eigenvalue weighted by Gasteiger charge is 2.20. The Hall–Kier alpha value is -1.79. The number of hydrogen-bond donors (Lipinski definition) is 3. The fourth-order valence-electron chi connectivity index (χ4n) is 1.97. The molecule has 112 valence electrons. The zero-order valence-electron chi connectivity index (χ0n) is 11.9. The van der Waals surface area contributed by atoms with E-state index in [0.29, 0.717) is 24.4 Å². The highest BCUT2D eigenvalue weighted by Crippen LogP contribution is 2.33. The van der Waals surface area contributed by atoms with Crippen molar-refractivity contribution >= 4 is 5.97 Å². The summed E-state index contributed by atoms with van der Waals surface area (Å²) >= 11 is 0. The molecule has 20 heavy (non-hydrogen) atoms. The van der Waals surface area contributed by atoms with Crippen molar-refractivity contribution in [3.63, 3.8) is 0 Å². The number of carboxylic acids is 1. The molecule has 0 fully saturated rings. The molecule has 6 heteroatoms. The van der Waals surface area contributed by atoms with Crippen LogP contribution in [-0.4, -0.2) is 38.4 Å². The maximum absolute atomic E-state index is 11.4. The molecule has 0 saturated carbocycles. The lowest BCUT2D eigenvalue weighted by molar-refractivity contribution is 0.0691. The number of unbranched alkanes of at least 4 members (excludes halogenated alkanes) is 1. The van der Waals surface area contributed by atoms with E-state index in [0.717, 1.165) is 19.4 Å². The minimum Gasteiger partial charge on any atom is -0.493 e. The van der Waals surface area contributed by atoms with E-state index in [2.05, 4.69) is 5.32 Å². The van der Waals surface area contributed by atoms with Crippen LogP contribution in [0.5, 0.6) is 11.5 Å². The van der Waals surface area contributed by atoms with Crippen molar-refractivity contribution in [2.24, 2.45) is 5.73 Å². The topological polar surface area (TPSA) is 93.8 Å². The van der Waals surface area contributed by atoms with E-state index in [4.69, 9.17) is 15.2 Å². The van der Waals surface area contributed by atoms with E-state index in [9.17, 15) is 9.90 Å². The molecule has 0 aromatic heterocycles. The van der Waals surface area contributed by atoms with Gasteiger partial charge in [-0.05, 0) is 37.6 Å². The van der Waals surface area contributed by atoms with Crippen LogP contribution in [0.1, 0.15) is 28.8 Å². The third-order valence-electron chi connectivity index (χ3n) is 2.97. The first-order chi connectivity index (χ1) is 9.65. The lowest BCUT2D eigenvalue weighted by Crippen LogP contribution is -2.18. The lowest BCUT2D eigenvalue weighted by Gasteiger charge is -2.14. The summed E-state index contributed by atoms with van der Waals surface area (Å²) < 4.78 is 10.3. The van der Waals surface area contributed by atoms with Crippen LogP contribution in [0.4, 0.5) is 0 Å². The standard InChI is InChI=1S/C14H22N2O4/c1-19-11-6-5-10(9-16-8-4-3-7-15)12(14(17)18)13(11)20-2/h5-6,16H,3-4,7-9,15H2,1-2H3,(H,17,18). The average molecular weight is 282 g/mol. The van der Waals surface area contributed by atoms with Gasteiger partial charge in [0, 0.05) is 6.54 Å². The van der Waals surface area contributed by atoms with E-state index < -0.39 is 5.97 Å². The molecule has 0 unspecified atom stereocenters. The quantitative estimate of drug-likeness (QED) is 0.590. The molecule has 0 aliphatic rings. The van der Waals surface area contributed by atoms with Crippen molar-refractivity contribution < 1.29 is 19.4 Å². The van der Waals surface area contributed by atoms with Gasteiger partial charge in [0.05, 0.1) is 14.2 Å². The van der Waals surface area contributed by atoms with Gasteiger partial charge in [-0.2, -0.15) is 0 Å². The van der Waals surface area contributed by atoms with Gasteiger partial charge in [-0.1, -0.05) is 6.07 Å². The molecule has 0 saturated heterocycles. The zero-order chi connectivity index (χ0) is 15.0. The van der Waals surface area contributed by atoms with Crippen LogP contribution in [0.15, 0.2) is 12.1 Å². The third kappa shape index (κ3) is 4.11. The van der Waals surface area contributed by atoms with Crippen LogP contribution in [0.25, 0.3) is 0 Å². The largest absolute Gasteiger partial charge is 0.493 e. The van der Waals surface area contributed by atoms with Gasteiger partial charge in [-0.25, -0.2) is 4.79 Å². The summed E-state index contributed by atoms with van der Waals surface area (Å²) in [6.07, 6.45) is 1.91. The Morgan fingerprint density at radius 1 is 1.30 bits per heavy atom. The summed E-state index contributed by atoms with van der Waals surface area (Å²) in [7, 11) is 2.91. The third-order valence-corrected chi connectivity index (χ3v) is 2.97. The van der Waals surface area contributed by atoms with E-state index in [1.807, 2.05) is 0 Å². The fraction of sp³-hybridized carbons (Fsp3) is 0.500. The number of ether oxygens (including phenoxy) is 2. The average Bonchev–Trinajstić information content (AvgIpc) is 2.45. The summed E-state index contributed by atoms with van der Waals surface area (Å²) in [6, 6.07) is 3.45. The molecule has 0 aliphatic heterocycles. The molecule has 0 aliphatic carbocycles. The maximum Gasteiger partial charge on any atom is 0.339 e. The molecule has 1 rings (SSSR count). The lowest BCUT2D eigenvalue weighted by atomic mass is 10.1. The van der Waals surface area contributed by atoms with Gasteiger partial charge in [-0.3, -0.25) is 0 Å². The second-order valence-corrected chi connectivity index (χ2v) is 4.31. The van der Waals surface area contributed by atoms with Gasteiger partial charge >= 0.3 is 5.97 Å². The molecule has 0 atom stereocenters. The number of carboxylic acid groups (broad SMARTS) is 1. The molecule has 0 radical (unpaired) electrons. The van der Waals surface area contributed by atoms with Gasteiger partial charge in [0.15, 0.2) is 11.5 Å². The van der Waals surface area contributed by atoms with Gasteiger partial charge in [0.1, 0.15) is 5.56 Å². The van der Waals surface area contributed by atoms with Crippen molar-refractivity contribution in [3.8, 4) is 11.5 Å². The first kappa shape index (κ1) is 16.3. The van der Waals surface area contributed by atoms with Crippen molar-refractivity contribution in [3.05, 3.63) is 23.3 Å². The van der Waals surface area contributed by atoms with Gasteiger partial charge in [0.2, 0.25) is 0 Å². The summed E-state index contributed by atoms with van der Waals surface area (Å²) in [5, 5.41) is 12.6. The Morgan fingerprint density at radius 3 is 2.60 bits per heavy atom. The Kier molecular flexibility index (Phi) is 6.83. The van der Waals surface area contributed by atoms with Crippen LogP contribution in [-0.2, 0) is 6.54 Å². The molecular weight excluding hydrogens is 260 g/mol. The van der Waals surface area contributed by atoms with E-state index in [-0.39, 0.29) is 11.3 Å². The van der Waals surface area contributed by atoms with Crippen LogP contribution < -0.4 is 20.5 Å². The number of carbonyl (C=O) groups is 1. The highest BCUT2D eigenvalue weighted by atomic mass is 16.5. The number of hydrogen-bond acceptors (Lipinski definition) is 5. The van der Waals surface area contributed by atoms with Crippen LogP contribution in [0, 0.1) is 0 Å². The molecule has 4 N–H and O–H groups in total. The van der Waals surface area contributed by atoms with Crippen LogP contribution in [0.2, 0.25) is 0 Å². The minimum absolute atomic E-state index is 0.137. The minimum atomic E-state index is -1.03. The van der Waals surface area contributed by atoms with Gasteiger partial charge in [-0.15, -0.1) is 0 Å². The normalized spacial score (nSPS) is 10.3. The SMILES string of the molecule is COc1ccc(CNCCCCN)c(C(=O)O)c1OC. The summed E-state index contributed by atoms with van der Waals surface area (Å²) in [5.74, 6) is -0.363. The number of nitrogens with two attached hydrogens (primary N) is 1. The Labute approximate surface area is 118 Å². The van der Waals surface area contributed by atoms with Crippen molar-refractivity contribution in [2.75, 3.05) is 27.3 Å². The van der Waals surface area contributed by atoms with Crippen LogP contribution >= 0.6 is 0 Å². The second-order valence-electron chi connectivity index (χ2n) is 4.31. The Bertz CT molecular complexity index is 449. The molecule has 0 bridgehead atoms. The monoisotopic (exact) mass is 282 g/mol. The van der Waals surface area contributed by atoms with E-state index in [1.54, 1.807) is 12.1 Å². The van der Waals surface area contributed by atoms with Gasteiger partial charge in [0.25, 0.3) is 0 Å². The zero-order valence-corrected chi connectivity index (χ0v) is 11.9. The number of benzene rings is 1. The molecule has 0 heterocycles. The van der Waals surface area contributed by atoms with E-state index in [1.165, 1.54) is 14.2 Å². The first-order valence-corrected chi connectivity index (χ1v) is 6.53. The Morgan fingerprint density at radius 2 is 2.05 bits per heavy atom. The number of rotatable bonds is 9. The molecular formula is C14H22N2O4. The number of nitrogens with one attached hydrogen (secondary N) is 1. The molecule has 0 amide bonds. The first-order valence-electron chi connectivity index (χ1n) is 6.53. The number of aromatic carboxylic acids is 1. The van der Waals surface area contributed by atoms with Crippen LogP contribution in [0.3, 0.4) is 0 Å². The summed E-state index contributed by atoms with van der Waals surface area (Å²) in [6.45, 7) is 1.93. The predicted octanol–water partition coefficient (Wildman–Crippen LogP) is 1.23. The van der Waals surface area contributed by atoms with Crippen molar-refractivity contribution in [1.82, 2.24) is 5.32 Å². The maximum atomic E-state index is 11.4.